The minimum Gasteiger partial charge on any atom is -0.311 e. The Morgan fingerprint density at radius 2 is 0.893 bits per heavy atom. The lowest BCUT2D eigenvalue weighted by atomic mass is 9.35. The zero-order valence-corrected chi connectivity index (χ0v) is 30.5. The van der Waals surface area contributed by atoms with E-state index in [1.54, 1.807) is 0 Å². The van der Waals surface area contributed by atoms with Crippen molar-refractivity contribution in [3.05, 3.63) is 194 Å². The number of rotatable bonds is 3. The van der Waals surface area contributed by atoms with Crippen LogP contribution < -0.4 is 37.7 Å². The molecule has 0 amide bonds. The van der Waals surface area contributed by atoms with E-state index >= 15 is 0 Å². The number of benzene rings is 10. The smallest absolute Gasteiger partial charge is 0.246 e. The summed E-state index contributed by atoms with van der Waals surface area (Å²) in [5.41, 5.74) is 15.6. The summed E-state index contributed by atoms with van der Waals surface area (Å²) >= 11 is 0. The first kappa shape index (κ1) is 30.3. The number of fused-ring (bicyclic) bond motifs is 9. The van der Waals surface area contributed by atoms with Gasteiger partial charge in [0.25, 0.3) is 0 Å². The van der Waals surface area contributed by atoms with E-state index in [2.05, 4.69) is 204 Å². The van der Waals surface area contributed by atoms with Crippen LogP contribution in [0.15, 0.2) is 194 Å². The second kappa shape index (κ2) is 11.3. The standard InChI is InChI=1S/C52H32B2N2/c1-4-15-35(16-5-1)53-42-23-11-13-26-47(42)55(37-19-8-3-9-20-37)51-40-29-27-34-32-45-52(41-30-28-33(31-44(51)53)48(40)49(34)41)56-46-25-12-10-21-38(46)39-22-14-24-43(50(39)56)54(45)36-17-6-2-7-18-36/h1-32H. The van der Waals surface area contributed by atoms with Crippen molar-refractivity contribution >= 4 is 117 Å². The molecule has 0 atom stereocenters. The van der Waals surface area contributed by atoms with Crippen LogP contribution >= 0.6 is 0 Å². The van der Waals surface area contributed by atoms with Gasteiger partial charge in [-0.15, -0.1) is 0 Å². The topological polar surface area (TPSA) is 8.17 Å². The summed E-state index contributed by atoms with van der Waals surface area (Å²) in [4.78, 5) is 2.52. The molecule has 0 unspecified atom stereocenters. The predicted molar refractivity (Wildman–Crippen MR) is 241 cm³/mol. The molecule has 0 radical (unpaired) electrons. The molecule has 10 aromatic carbocycles. The zero-order valence-electron chi connectivity index (χ0n) is 30.5. The van der Waals surface area contributed by atoms with E-state index in [1.165, 1.54) is 110 Å². The summed E-state index contributed by atoms with van der Waals surface area (Å²) in [6.45, 7) is 0.206. The Kier molecular flexibility index (Phi) is 6.09. The predicted octanol–water partition coefficient (Wildman–Crippen LogP) is 8.81. The van der Waals surface area contributed by atoms with Crippen LogP contribution in [0.2, 0.25) is 0 Å². The fraction of sp³-hybridized carbons (Fsp3) is 0. The lowest BCUT2D eigenvalue weighted by Gasteiger charge is -2.38. The molecule has 256 valence electrons. The molecule has 0 fully saturated rings. The van der Waals surface area contributed by atoms with E-state index in [0.29, 0.717) is 0 Å². The van der Waals surface area contributed by atoms with Gasteiger partial charge < -0.3 is 9.47 Å². The highest BCUT2D eigenvalue weighted by Gasteiger charge is 2.38. The van der Waals surface area contributed by atoms with Gasteiger partial charge >= 0.3 is 0 Å². The van der Waals surface area contributed by atoms with Crippen molar-refractivity contribution in [2.75, 3.05) is 4.90 Å². The molecular weight excluding hydrogens is 674 g/mol. The van der Waals surface area contributed by atoms with E-state index in [0.717, 1.165) is 0 Å². The van der Waals surface area contributed by atoms with Crippen LogP contribution in [0.3, 0.4) is 0 Å². The molecule has 2 aliphatic heterocycles. The van der Waals surface area contributed by atoms with Crippen LogP contribution in [0.1, 0.15) is 0 Å². The molecule has 0 saturated heterocycles. The van der Waals surface area contributed by atoms with Gasteiger partial charge in [0.15, 0.2) is 0 Å². The zero-order chi connectivity index (χ0) is 36.5. The molecule has 56 heavy (non-hydrogen) atoms. The van der Waals surface area contributed by atoms with Gasteiger partial charge in [0, 0.05) is 49.8 Å². The maximum atomic E-state index is 2.59. The maximum absolute atomic E-state index is 2.59. The third-order valence-electron chi connectivity index (χ3n) is 12.8. The van der Waals surface area contributed by atoms with Crippen molar-refractivity contribution in [2.45, 2.75) is 0 Å². The highest BCUT2D eigenvalue weighted by Crippen LogP contribution is 2.46. The molecule has 11 aromatic rings. The Morgan fingerprint density at radius 3 is 1.61 bits per heavy atom. The van der Waals surface area contributed by atoms with E-state index in [1.807, 2.05) is 0 Å². The molecule has 0 N–H and O–H groups in total. The Hall–Kier alpha value is -7.03. The van der Waals surface area contributed by atoms with Crippen LogP contribution in [-0.2, 0) is 0 Å². The number of aromatic nitrogens is 1. The quantitative estimate of drug-likeness (QED) is 0.132. The van der Waals surface area contributed by atoms with Crippen LogP contribution in [0, 0.1) is 0 Å². The Morgan fingerprint density at radius 1 is 0.357 bits per heavy atom. The summed E-state index contributed by atoms with van der Waals surface area (Å²) in [7, 11) is 0. The summed E-state index contributed by atoms with van der Waals surface area (Å²) in [5, 5.41) is 10.4. The summed E-state index contributed by atoms with van der Waals surface area (Å²) < 4.78 is 2.59. The molecule has 1 aromatic heterocycles. The molecule has 0 aliphatic carbocycles. The van der Waals surface area contributed by atoms with Crippen molar-refractivity contribution in [3.63, 3.8) is 0 Å². The molecule has 2 nitrogen and oxygen atoms in total. The second-order valence-electron chi connectivity index (χ2n) is 15.6. The minimum atomic E-state index is 0.0969. The number of para-hydroxylation sites is 4. The largest absolute Gasteiger partial charge is 0.311 e. The highest BCUT2D eigenvalue weighted by atomic mass is 15.2. The van der Waals surface area contributed by atoms with Gasteiger partial charge in [-0.25, -0.2) is 0 Å². The molecule has 0 saturated carbocycles. The average molecular weight is 706 g/mol. The van der Waals surface area contributed by atoms with Gasteiger partial charge in [-0.05, 0) is 67.7 Å². The van der Waals surface area contributed by atoms with Gasteiger partial charge in [-0.1, -0.05) is 181 Å². The third-order valence-corrected chi connectivity index (χ3v) is 12.8. The Bertz CT molecular complexity index is 3370. The first-order valence-corrected chi connectivity index (χ1v) is 19.7. The second-order valence-corrected chi connectivity index (χ2v) is 15.6. The van der Waals surface area contributed by atoms with Gasteiger partial charge in [0.2, 0.25) is 13.4 Å². The SMILES string of the molecule is c1ccc(B2c3ccccc3N(c3ccccc3)c3c2cc2ccc4c5c(cc6ccc3c2c64)B(c2ccccc2)c2cccc3c4ccccc4n-5c23)cc1. The average Bonchev–Trinajstić information content (AvgIpc) is 3.60. The summed E-state index contributed by atoms with van der Waals surface area (Å²) in [5.74, 6) is 0. The first-order chi connectivity index (χ1) is 27.8. The number of anilines is 3. The van der Waals surface area contributed by atoms with Crippen molar-refractivity contribution < 1.29 is 0 Å². The van der Waals surface area contributed by atoms with Gasteiger partial charge in [-0.3, -0.25) is 0 Å². The Labute approximate surface area is 325 Å². The first-order valence-electron chi connectivity index (χ1n) is 19.7. The lowest BCUT2D eigenvalue weighted by molar-refractivity contribution is 1.21. The van der Waals surface area contributed by atoms with Crippen LogP contribution in [0.4, 0.5) is 17.1 Å². The molecular formula is C52H32B2N2. The molecule has 0 spiro atoms. The van der Waals surface area contributed by atoms with Crippen LogP contribution in [-0.4, -0.2) is 18.0 Å². The fourth-order valence-electron chi connectivity index (χ4n) is 10.7. The number of nitrogens with zero attached hydrogens (tertiary/aromatic N) is 2. The van der Waals surface area contributed by atoms with Crippen LogP contribution in [0.5, 0.6) is 0 Å². The molecule has 2 aliphatic rings. The third kappa shape index (κ3) is 3.93. The molecule has 4 heteroatoms. The highest BCUT2D eigenvalue weighted by molar-refractivity contribution is 6.99. The van der Waals surface area contributed by atoms with Crippen molar-refractivity contribution in [1.29, 1.82) is 0 Å². The van der Waals surface area contributed by atoms with E-state index in [4.69, 9.17) is 0 Å². The normalized spacial score (nSPS) is 13.2. The van der Waals surface area contributed by atoms with Crippen LogP contribution in [0.25, 0.3) is 59.8 Å². The maximum Gasteiger partial charge on any atom is 0.246 e. The van der Waals surface area contributed by atoms with Crippen molar-refractivity contribution in [1.82, 2.24) is 4.57 Å². The van der Waals surface area contributed by atoms with E-state index in [-0.39, 0.29) is 13.4 Å². The lowest BCUT2D eigenvalue weighted by Crippen LogP contribution is -2.57. The Balaban J connectivity index is 1.19. The molecule has 0 bridgehead atoms. The number of hydrogen-bond acceptors (Lipinski definition) is 1. The van der Waals surface area contributed by atoms with Gasteiger partial charge in [0.1, 0.15) is 0 Å². The van der Waals surface area contributed by atoms with E-state index in [9.17, 15) is 0 Å². The van der Waals surface area contributed by atoms with Gasteiger partial charge in [0.05, 0.1) is 5.52 Å². The van der Waals surface area contributed by atoms with Gasteiger partial charge in [-0.2, -0.15) is 0 Å². The monoisotopic (exact) mass is 706 g/mol. The number of hydrogen-bond donors (Lipinski definition) is 0. The summed E-state index contributed by atoms with van der Waals surface area (Å²) in [6, 6.07) is 72.7. The minimum absolute atomic E-state index is 0.0969. The molecule has 3 heterocycles. The van der Waals surface area contributed by atoms with E-state index < -0.39 is 0 Å². The fourth-order valence-corrected chi connectivity index (χ4v) is 10.7. The molecule has 13 rings (SSSR count). The van der Waals surface area contributed by atoms with Crippen molar-refractivity contribution in [2.24, 2.45) is 0 Å². The summed E-state index contributed by atoms with van der Waals surface area (Å²) in [6.07, 6.45) is 0. The van der Waals surface area contributed by atoms with Crippen molar-refractivity contribution in [3.8, 4) is 5.69 Å².